The fraction of sp³-hybridized carbons (Fsp3) is 0.217. The number of phenols is 3. The van der Waals surface area contributed by atoms with Crippen molar-refractivity contribution in [1.82, 2.24) is 0 Å². The van der Waals surface area contributed by atoms with Crippen LogP contribution in [0.3, 0.4) is 0 Å². The minimum atomic E-state index is -0.335. The van der Waals surface area contributed by atoms with Crippen LogP contribution in [-0.2, 0) is 11.8 Å². The molecule has 0 amide bonds. The van der Waals surface area contributed by atoms with Crippen LogP contribution < -0.4 is 0 Å². The van der Waals surface area contributed by atoms with Crippen molar-refractivity contribution in [2.45, 2.75) is 25.7 Å². The third-order valence-corrected chi connectivity index (χ3v) is 5.17. The lowest BCUT2D eigenvalue weighted by atomic mass is 9.64. The average Bonchev–Trinajstić information content (AvgIpc) is 2.63. The van der Waals surface area contributed by atoms with E-state index in [4.69, 9.17) is 0 Å². The number of phenolic OH excluding ortho intramolecular Hbond substituents is 3. The van der Waals surface area contributed by atoms with E-state index in [1.54, 1.807) is 36.4 Å². The molecule has 3 nitrogen and oxygen atoms in total. The zero-order valence-electron chi connectivity index (χ0n) is 15.1. The average molecular weight is 348 g/mol. The van der Waals surface area contributed by atoms with Gasteiger partial charge in [0.1, 0.15) is 17.2 Å². The highest BCUT2D eigenvalue weighted by Gasteiger charge is 2.37. The summed E-state index contributed by atoms with van der Waals surface area (Å²) in [5.41, 5.74) is 2.98. The molecule has 0 aliphatic heterocycles. The van der Waals surface area contributed by atoms with Crippen molar-refractivity contribution in [2.24, 2.45) is 5.92 Å². The van der Waals surface area contributed by atoms with Crippen LogP contribution in [0, 0.1) is 5.92 Å². The zero-order chi connectivity index (χ0) is 18.7. The van der Waals surface area contributed by atoms with E-state index in [1.165, 1.54) is 0 Å². The lowest BCUT2D eigenvalue weighted by Crippen LogP contribution is -2.36. The molecular formula is C23H24O3. The maximum absolute atomic E-state index is 9.73. The van der Waals surface area contributed by atoms with Gasteiger partial charge in [0.25, 0.3) is 0 Å². The van der Waals surface area contributed by atoms with Crippen LogP contribution in [-0.4, -0.2) is 15.3 Å². The summed E-state index contributed by atoms with van der Waals surface area (Å²) < 4.78 is 0. The molecule has 134 valence electrons. The molecule has 0 fully saturated rings. The van der Waals surface area contributed by atoms with Crippen molar-refractivity contribution < 1.29 is 15.3 Å². The van der Waals surface area contributed by atoms with Gasteiger partial charge >= 0.3 is 0 Å². The third kappa shape index (κ3) is 3.38. The molecule has 0 atom stereocenters. The predicted octanol–water partition coefficient (Wildman–Crippen LogP) is 4.99. The predicted molar refractivity (Wildman–Crippen MR) is 104 cm³/mol. The molecule has 0 aromatic heterocycles. The number of benzene rings is 3. The van der Waals surface area contributed by atoms with E-state index in [0.717, 1.165) is 23.1 Å². The molecule has 0 radical (unpaired) electrons. The standard InChI is InChI=1S/C23H24O3/c1-16(2)23(18-5-11-21(25)12-6-18,19-7-13-22(26)14-8-19)15-17-3-9-20(24)10-4-17/h3-14,16,24-26H,15H2,1-2H3. The van der Waals surface area contributed by atoms with Crippen LogP contribution in [0.1, 0.15) is 30.5 Å². The molecule has 0 spiro atoms. The normalized spacial score (nSPS) is 11.7. The molecule has 3 heteroatoms. The second-order valence-corrected chi connectivity index (χ2v) is 7.06. The maximum Gasteiger partial charge on any atom is 0.115 e. The first kappa shape index (κ1) is 17.9. The van der Waals surface area contributed by atoms with Crippen LogP contribution in [0.15, 0.2) is 72.8 Å². The molecule has 0 unspecified atom stereocenters. The second kappa shape index (κ2) is 7.12. The lowest BCUT2D eigenvalue weighted by Gasteiger charge is -2.39. The van der Waals surface area contributed by atoms with Gasteiger partial charge in [-0.15, -0.1) is 0 Å². The second-order valence-electron chi connectivity index (χ2n) is 7.06. The smallest absolute Gasteiger partial charge is 0.115 e. The topological polar surface area (TPSA) is 60.7 Å². The largest absolute Gasteiger partial charge is 0.508 e. The molecule has 3 aromatic carbocycles. The van der Waals surface area contributed by atoms with E-state index in [9.17, 15) is 15.3 Å². The molecule has 0 saturated heterocycles. The highest BCUT2D eigenvalue weighted by Crippen LogP contribution is 2.43. The van der Waals surface area contributed by atoms with Crippen molar-refractivity contribution in [3.8, 4) is 17.2 Å². The molecule has 26 heavy (non-hydrogen) atoms. The van der Waals surface area contributed by atoms with Gasteiger partial charge in [-0.25, -0.2) is 0 Å². The van der Waals surface area contributed by atoms with Gasteiger partial charge in [-0.05, 0) is 65.4 Å². The van der Waals surface area contributed by atoms with Gasteiger partial charge in [-0.3, -0.25) is 0 Å². The van der Waals surface area contributed by atoms with Gasteiger partial charge in [-0.2, -0.15) is 0 Å². The van der Waals surface area contributed by atoms with Crippen molar-refractivity contribution in [3.05, 3.63) is 89.5 Å². The number of hydrogen-bond donors (Lipinski definition) is 3. The Kier molecular flexibility index (Phi) is 4.90. The van der Waals surface area contributed by atoms with E-state index in [1.807, 2.05) is 36.4 Å². The van der Waals surface area contributed by atoms with Crippen LogP contribution >= 0.6 is 0 Å². The van der Waals surface area contributed by atoms with Gasteiger partial charge in [0.05, 0.1) is 0 Å². The number of hydrogen-bond acceptors (Lipinski definition) is 3. The lowest BCUT2D eigenvalue weighted by molar-refractivity contribution is 0.365. The zero-order valence-corrected chi connectivity index (χ0v) is 15.1. The molecule has 3 rings (SSSR count). The van der Waals surface area contributed by atoms with E-state index >= 15 is 0 Å². The Morgan fingerprint density at radius 1 is 0.615 bits per heavy atom. The highest BCUT2D eigenvalue weighted by atomic mass is 16.3. The number of aromatic hydroxyl groups is 3. The molecule has 0 saturated carbocycles. The van der Waals surface area contributed by atoms with E-state index in [-0.39, 0.29) is 28.6 Å². The van der Waals surface area contributed by atoms with Crippen LogP contribution in [0.4, 0.5) is 0 Å². The third-order valence-electron chi connectivity index (χ3n) is 5.17. The van der Waals surface area contributed by atoms with Crippen molar-refractivity contribution in [3.63, 3.8) is 0 Å². The van der Waals surface area contributed by atoms with Crippen LogP contribution in [0.2, 0.25) is 0 Å². The molecule has 0 bridgehead atoms. The fourth-order valence-electron chi connectivity index (χ4n) is 3.70. The first-order valence-electron chi connectivity index (χ1n) is 8.79. The molecule has 0 heterocycles. The molecule has 0 aliphatic rings. The van der Waals surface area contributed by atoms with Gasteiger partial charge in [-0.1, -0.05) is 50.2 Å². The van der Waals surface area contributed by atoms with Crippen molar-refractivity contribution in [1.29, 1.82) is 0 Å². The number of rotatable bonds is 5. The van der Waals surface area contributed by atoms with E-state index < -0.39 is 0 Å². The summed E-state index contributed by atoms with van der Waals surface area (Å²) in [4.78, 5) is 0. The molecule has 3 aromatic rings. The molecule has 0 aliphatic carbocycles. The van der Waals surface area contributed by atoms with Gasteiger partial charge in [0.15, 0.2) is 0 Å². The minimum absolute atomic E-state index is 0.238. The monoisotopic (exact) mass is 348 g/mol. The van der Waals surface area contributed by atoms with E-state index in [2.05, 4.69) is 13.8 Å². The van der Waals surface area contributed by atoms with Crippen molar-refractivity contribution >= 4 is 0 Å². The quantitative estimate of drug-likeness (QED) is 0.609. The Morgan fingerprint density at radius 3 is 1.31 bits per heavy atom. The molecule has 3 N–H and O–H groups in total. The molecular weight excluding hydrogens is 324 g/mol. The SMILES string of the molecule is CC(C)C(Cc1ccc(O)cc1)(c1ccc(O)cc1)c1ccc(O)cc1. The Bertz CT molecular complexity index is 802. The summed E-state index contributed by atoms with van der Waals surface area (Å²) in [6, 6.07) is 22.0. The van der Waals surface area contributed by atoms with Crippen molar-refractivity contribution in [2.75, 3.05) is 0 Å². The van der Waals surface area contributed by atoms with E-state index in [0.29, 0.717) is 0 Å². The first-order chi connectivity index (χ1) is 12.4. The van der Waals surface area contributed by atoms with Crippen LogP contribution in [0.25, 0.3) is 0 Å². The van der Waals surface area contributed by atoms with Gasteiger partial charge in [0.2, 0.25) is 0 Å². The Balaban J connectivity index is 2.19. The Labute approximate surface area is 154 Å². The fourth-order valence-corrected chi connectivity index (χ4v) is 3.70. The summed E-state index contributed by atoms with van der Waals surface area (Å²) in [5, 5.41) is 29.1. The maximum atomic E-state index is 9.73. The summed E-state index contributed by atoms with van der Waals surface area (Å²) in [6.07, 6.45) is 0.737. The Hall–Kier alpha value is -2.94. The first-order valence-corrected chi connectivity index (χ1v) is 8.79. The summed E-state index contributed by atoms with van der Waals surface area (Å²) in [6.45, 7) is 4.36. The summed E-state index contributed by atoms with van der Waals surface area (Å²) >= 11 is 0. The van der Waals surface area contributed by atoms with Gasteiger partial charge in [0, 0.05) is 5.41 Å². The Morgan fingerprint density at radius 2 is 0.962 bits per heavy atom. The van der Waals surface area contributed by atoms with Crippen LogP contribution in [0.5, 0.6) is 17.2 Å². The highest BCUT2D eigenvalue weighted by molar-refractivity contribution is 5.45. The summed E-state index contributed by atoms with van der Waals surface area (Å²) in [5.74, 6) is 0.979. The minimum Gasteiger partial charge on any atom is -0.508 e. The van der Waals surface area contributed by atoms with Gasteiger partial charge < -0.3 is 15.3 Å². The summed E-state index contributed by atoms with van der Waals surface area (Å²) in [7, 11) is 0.